The summed E-state index contributed by atoms with van der Waals surface area (Å²) >= 11 is 0. The topological polar surface area (TPSA) is 120 Å². The molecule has 164 valence electrons. The molecule has 0 fully saturated rings. The summed E-state index contributed by atoms with van der Waals surface area (Å²) in [6.07, 6.45) is -5.67. The molecule has 0 aliphatic carbocycles. The van der Waals surface area contributed by atoms with E-state index < -0.39 is 35.5 Å². The van der Waals surface area contributed by atoms with Gasteiger partial charge in [0.15, 0.2) is 0 Å². The van der Waals surface area contributed by atoms with E-state index in [1.54, 1.807) is 36.4 Å². The quantitative estimate of drug-likeness (QED) is 0.489. The summed E-state index contributed by atoms with van der Waals surface area (Å²) in [6.45, 7) is 0.115. The lowest BCUT2D eigenvalue weighted by Gasteiger charge is -2.27. The number of aliphatic hydroxyl groups is 1. The number of hydrogen-bond donors (Lipinski definition) is 2. The van der Waals surface area contributed by atoms with Crippen molar-refractivity contribution in [3.63, 3.8) is 0 Å². The van der Waals surface area contributed by atoms with Gasteiger partial charge < -0.3 is 24.6 Å². The minimum Gasteiger partial charge on any atom is -0.491 e. The monoisotopic (exact) mass is 444 g/mol. The van der Waals surface area contributed by atoms with Crippen LogP contribution in [0.3, 0.4) is 0 Å². The molecule has 11 heteroatoms. The average Bonchev–Trinajstić information content (AvgIpc) is 3.44. The van der Waals surface area contributed by atoms with E-state index in [4.69, 9.17) is 19.5 Å². The van der Waals surface area contributed by atoms with Gasteiger partial charge in [0.2, 0.25) is 11.6 Å². The van der Waals surface area contributed by atoms with Crippen LogP contribution in [0, 0.1) is 0 Å². The Morgan fingerprint density at radius 2 is 1.78 bits per heavy atom. The van der Waals surface area contributed by atoms with Gasteiger partial charge >= 0.3 is 6.18 Å². The highest BCUT2D eigenvalue weighted by Crippen LogP contribution is 2.43. The Morgan fingerprint density at radius 1 is 1.00 bits per heavy atom. The van der Waals surface area contributed by atoms with Crippen LogP contribution in [0.5, 0.6) is 5.75 Å². The van der Waals surface area contributed by atoms with Gasteiger partial charge in [-0.25, -0.2) is 0 Å². The number of fused-ring (bicyclic) bond motifs is 1. The Bertz CT molecular complexity index is 1270. The molecule has 2 aromatic carbocycles. The molecule has 3 heterocycles. The first-order valence-corrected chi connectivity index (χ1v) is 9.50. The zero-order valence-corrected chi connectivity index (χ0v) is 16.2. The summed E-state index contributed by atoms with van der Waals surface area (Å²) in [7, 11) is 0. The SMILES string of the molecule is N[C@H]1COc2cc(-c3noc(-c4onc(-c5ccccc5)c4C(F)(F)F)n3)ccc2C1O. The molecule has 1 aliphatic rings. The van der Waals surface area contributed by atoms with Gasteiger partial charge in [0, 0.05) is 16.7 Å². The van der Waals surface area contributed by atoms with Crippen LogP contribution in [0.25, 0.3) is 34.3 Å². The van der Waals surface area contributed by atoms with Gasteiger partial charge in [-0.1, -0.05) is 52.8 Å². The first-order valence-electron chi connectivity index (χ1n) is 9.50. The Hall–Kier alpha value is -3.70. The number of aliphatic hydroxyl groups excluding tert-OH is 1. The van der Waals surface area contributed by atoms with E-state index in [1.807, 2.05) is 0 Å². The highest BCUT2D eigenvalue weighted by Gasteiger charge is 2.43. The van der Waals surface area contributed by atoms with Gasteiger partial charge in [-0.2, -0.15) is 18.2 Å². The lowest BCUT2D eigenvalue weighted by Crippen LogP contribution is -2.38. The van der Waals surface area contributed by atoms with E-state index in [2.05, 4.69) is 15.3 Å². The summed E-state index contributed by atoms with van der Waals surface area (Å²) in [5.74, 6) is -0.750. The molecule has 3 N–H and O–H groups in total. The van der Waals surface area contributed by atoms with Gasteiger partial charge in [-0.3, -0.25) is 0 Å². The Kier molecular flexibility index (Phi) is 4.72. The second-order valence-corrected chi connectivity index (χ2v) is 7.19. The fourth-order valence-corrected chi connectivity index (χ4v) is 3.48. The van der Waals surface area contributed by atoms with Crippen molar-refractivity contribution in [3.05, 3.63) is 59.7 Å². The van der Waals surface area contributed by atoms with Gasteiger partial charge in [0.25, 0.3) is 5.89 Å². The fourth-order valence-electron chi connectivity index (χ4n) is 3.48. The molecule has 0 amide bonds. The Labute approximate surface area is 178 Å². The summed E-state index contributed by atoms with van der Waals surface area (Å²) in [5.41, 5.74) is 5.45. The molecular formula is C21H15F3N4O4. The maximum atomic E-state index is 13.9. The van der Waals surface area contributed by atoms with E-state index in [1.165, 1.54) is 12.1 Å². The van der Waals surface area contributed by atoms with Crippen LogP contribution in [0.15, 0.2) is 57.6 Å². The normalized spacial score (nSPS) is 18.3. The highest BCUT2D eigenvalue weighted by molar-refractivity contribution is 5.71. The van der Waals surface area contributed by atoms with Crippen LogP contribution in [-0.4, -0.2) is 33.1 Å². The third kappa shape index (κ3) is 3.41. The van der Waals surface area contributed by atoms with Crippen molar-refractivity contribution < 1.29 is 32.1 Å². The number of rotatable bonds is 3. The molecule has 0 bridgehead atoms. The van der Waals surface area contributed by atoms with Crippen LogP contribution >= 0.6 is 0 Å². The molecular weight excluding hydrogens is 429 g/mol. The number of aromatic nitrogens is 3. The zero-order chi connectivity index (χ0) is 22.5. The second-order valence-electron chi connectivity index (χ2n) is 7.19. The summed E-state index contributed by atoms with van der Waals surface area (Å²) < 4.78 is 57.2. The van der Waals surface area contributed by atoms with Crippen LogP contribution in [0.1, 0.15) is 17.2 Å². The minimum atomic E-state index is -4.77. The van der Waals surface area contributed by atoms with Crippen molar-refractivity contribution in [2.75, 3.05) is 6.61 Å². The average molecular weight is 444 g/mol. The number of ether oxygens (including phenoxy) is 1. The molecule has 0 spiro atoms. The van der Waals surface area contributed by atoms with Crippen LogP contribution in [-0.2, 0) is 6.18 Å². The Morgan fingerprint density at radius 3 is 2.53 bits per heavy atom. The number of nitrogens with zero attached hydrogens (tertiary/aromatic N) is 3. The second kappa shape index (κ2) is 7.46. The number of hydrogen-bond acceptors (Lipinski definition) is 8. The Balaban J connectivity index is 1.54. The predicted octanol–water partition coefficient (Wildman–Crippen LogP) is 3.83. The van der Waals surface area contributed by atoms with Gasteiger partial charge in [0.05, 0.1) is 6.04 Å². The van der Waals surface area contributed by atoms with Crippen LogP contribution < -0.4 is 10.5 Å². The van der Waals surface area contributed by atoms with Crippen molar-refractivity contribution in [1.29, 1.82) is 0 Å². The molecule has 0 saturated heterocycles. The molecule has 2 atom stereocenters. The van der Waals surface area contributed by atoms with E-state index in [0.717, 1.165) is 0 Å². The van der Waals surface area contributed by atoms with Crippen molar-refractivity contribution in [1.82, 2.24) is 15.3 Å². The first kappa shape index (κ1) is 20.2. The maximum absolute atomic E-state index is 13.9. The van der Waals surface area contributed by atoms with Gasteiger partial charge in [-0.05, 0) is 6.07 Å². The standard InChI is InChI=1S/C21H15F3N4O4/c22-21(23,24)15-16(10-4-2-1-3-5-10)27-31-18(15)20-26-19(28-32-20)11-6-7-12-14(8-11)30-9-13(25)17(12)29/h1-8,13,17,29H,9,25H2/t13-,17?/m0/s1. The lowest BCUT2D eigenvalue weighted by atomic mass is 9.98. The van der Waals surface area contributed by atoms with E-state index >= 15 is 0 Å². The fraction of sp³-hybridized carbons (Fsp3) is 0.190. The number of nitrogens with two attached hydrogens (primary N) is 1. The van der Waals surface area contributed by atoms with Crippen LogP contribution in [0.2, 0.25) is 0 Å². The molecule has 1 unspecified atom stereocenters. The van der Waals surface area contributed by atoms with Crippen molar-refractivity contribution in [2.45, 2.75) is 18.3 Å². The van der Waals surface area contributed by atoms with Gasteiger partial charge in [0.1, 0.15) is 29.7 Å². The van der Waals surface area contributed by atoms with E-state index in [-0.39, 0.29) is 23.7 Å². The molecule has 8 nitrogen and oxygen atoms in total. The largest absolute Gasteiger partial charge is 0.491 e. The van der Waals surface area contributed by atoms with E-state index in [9.17, 15) is 18.3 Å². The van der Waals surface area contributed by atoms with Crippen LogP contribution in [0.4, 0.5) is 13.2 Å². The first-order chi connectivity index (χ1) is 15.3. The zero-order valence-electron chi connectivity index (χ0n) is 16.2. The third-order valence-electron chi connectivity index (χ3n) is 5.07. The summed E-state index contributed by atoms with van der Waals surface area (Å²) in [6, 6.07) is 12.0. The molecule has 4 aromatic rings. The van der Waals surface area contributed by atoms with Gasteiger partial charge in [-0.15, -0.1) is 0 Å². The minimum absolute atomic E-state index is 0.0153. The number of halogens is 3. The molecule has 1 aliphatic heterocycles. The number of alkyl halides is 3. The molecule has 32 heavy (non-hydrogen) atoms. The lowest BCUT2D eigenvalue weighted by molar-refractivity contribution is -0.136. The summed E-state index contributed by atoms with van der Waals surface area (Å²) in [5, 5.41) is 17.5. The number of benzene rings is 2. The molecule has 5 rings (SSSR count). The molecule has 0 radical (unpaired) electrons. The third-order valence-corrected chi connectivity index (χ3v) is 5.07. The van der Waals surface area contributed by atoms with Crippen molar-refractivity contribution in [3.8, 4) is 40.0 Å². The van der Waals surface area contributed by atoms with E-state index in [0.29, 0.717) is 16.9 Å². The maximum Gasteiger partial charge on any atom is 0.422 e. The molecule has 0 saturated carbocycles. The van der Waals surface area contributed by atoms with Crippen molar-refractivity contribution in [2.24, 2.45) is 5.73 Å². The summed E-state index contributed by atoms with van der Waals surface area (Å²) in [4.78, 5) is 4.06. The molecule has 2 aromatic heterocycles. The predicted molar refractivity (Wildman–Crippen MR) is 104 cm³/mol. The van der Waals surface area contributed by atoms with Crippen molar-refractivity contribution >= 4 is 0 Å². The smallest absolute Gasteiger partial charge is 0.422 e. The highest BCUT2D eigenvalue weighted by atomic mass is 19.4.